The summed E-state index contributed by atoms with van der Waals surface area (Å²) in [5.41, 5.74) is 3.67. The summed E-state index contributed by atoms with van der Waals surface area (Å²) < 4.78 is 6.20. The summed E-state index contributed by atoms with van der Waals surface area (Å²) in [7, 11) is 0. The lowest BCUT2D eigenvalue weighted by molar-refractivity contribution is 1.18. The molecule has 128 valence electrons. The summed E-state index contributed by atoms with van der Waals surface area (Å²) in [6.07, 6.45) is 0. The normalized spacial score (nSPS) is 11.9. The molecule has 3 heteroatoms. The van der Waals surface area contributed by atoms with Gasteiger partial charge in [0.15, 0.2) is 0 Å². The molecule has 0 fully saturated rings. The fraction of sp³-hybridized carbons (Fsp3) is 0. The van der Waals surface area contributed by atoms with Gasteiger partial charge in [-0.2, -0.15) is 0 Å². The van der Waals surface area contributed by atoms with Crippen molar-refractivity contribution in [1.29, 1.82) is 0 Å². The van der Waals surface area contributed by atoms with Gasteiger partial charge in [0.2, 0.25) is 0 Å². The highest BCUT2D eigenvalue weighted by Gasteiger charge is 2.16. The first-order chi connectivity index (χ1) is 13.3. The minimum Gasteiger partial charge on any atom is -0.309 e. The van der Waals surface area contributed by atoms with Crippen molar-refractivity contribution in [2.75, 3.05) is 0 Å². The number of benzene rings is 4. The molecule has 0 radical (unpaired) electrons. The Morgan fingerprint density at radius 1 is 0.630 bits per heavy atom. The Balaban J connectivity index is 1.88. The van der Waals surface area contributed by atoms with Crippen LogP contribution in [-0.2, 0) is 0 Å². The maximum atomic E-state index is 3.79. The zero-order valence-corrected chi connectivity index (χ0v) is 16.7. The van der Waals surface area contributed by atoms with Crippen molar-refractivity contribution < 1.29 is 0 Å². The lowest BCUT2D eigenvalue weighted by Gasteiger charge is -2.07. The average Bonchev–Trinajstić information content (AvgIpc) is 3.22. The second kappa shape index (κ2) is 5.69. The second-order valence-corrected chi connectivity index (χ2v) is 8.71. The van der Waals surface area contributed by atoms with E-state index < -0.39 is 0 Å². The van der Waals surface area contributed by atoms with Gasteiger partial charge >= 0.3 is 0 Å². The van der Waals surface area contributed by atoms with E-state index in [9.17, 15) is 0 Å². The predicted octanol–water partition coefficient (Wildman–Crippen LogP) is 7.91. The minimum atomic E-state index is 1.14. The Bertz CT molecular complexity index is 1470. The van der Waals surface area contributed by atoms with Crippen LogP contribution in [0.4, 0.5) is 0 Å². The Hall–Kier alpha value is -2.62. The van der Waals surface area contributed by atoms with Gasteiger partial charge in [-0.3, -0.25) is 0 Å². The fourth-order valence-electron chi connectivity index (χ4n) is 4.10. The van der Waals surface area contributed by atoms with Crippen molar-refractivity contribution in [1.82, 2.24) is 4.57 Å². The molecule has 0 aliphatic rings. The van der Waals surface area contributed by atoms with E-state index in [1.54, 1.807) is 0 Å². The predicted molar refractivity (Wildman–Crippen MR) is 121 cm³/mol. The molecule has 0 aliphatic heterocycles. The summed E-state index contributed by atoms with van der Waals surface area (Å²) in [5, 5.41) is 5.23. The average molecular weight is 428 g/mol. The number of halogens is 1. The van der Waals surface area contributed by atoms with E-state index in [1.807, 2.05) is 11.3 Å². The van der Waals surface area contributed by atoms with Gasteiger partial charge in [0.25, 0.3) is 0 Å². The van der Waals surface area contributed by atoms with E-state index in [0.717, 1.165) is 4.47 Å². The van der Waals surface area contributed by atoms with Crippen LogP contribution in [0.2, 0.25) is 0 Å². The summed E-state index contributed by atoms with van der Waals surface area (Å²) in [6.45, 7) is 0. The molecule has 0 saturated heterocycles. The van der Waals surface area contributed by atoms with Gasteiger partial charge in [0.05, 0.1) is 11.0 Å². The van der Waals surface area contributed by atoms with Gasteiger partial charge in [-0.15, -0.1) is 11.3 Å². The number of nitrogens with zero attached hydrogens (tertiary/aromatic N) is 1. The number of rotatable bonds is 1. The van der Waals surface area contributed by atoms with Crippen LogP contribution in [0.5, 0.6) is 0 Å². The number of hydrogen-bond acceptors (Lipinski definition) is 1. The molecule has 6 rings (SSSR count). The number of fused-ring (bicyclic) bond motifs is 6. The molecule has 0 amide bonds. The van der Waals surface area contributed by atoms with Crippen molar-refractivity contribution in [2.45, 2.75) is 0 Å². The third-order valence-corrected chi connectivity index (χ3v) is 7.05. The molecule has 0 saturated carbocycles. The molecule has 0 unspecified atom stereocenters. The van der Waals surface area contributed by atoms with Crippen LogP contribution in [-0.4, -0.2) is 4.57 Å². The molecule has 2 heterocycles. The molecule has 0 N–H and O–H groups in total. The minimum absolute atomic E-state index is 1.14. The van der Waals surface area contributed by atoms with E-state index in [0.29, 0.717) is 0 Å². The van der Waals surface area contributed by atoms with Crippen molar-refractivity contribution in [3.63, 3.8) is 0 Å². The Kier molecular flexibility index (Phi) is 3.25. The SMILES string of the molecule is Brc1cccc2c1c1cc3sc4ccccc4c3cc1n2-c1ccccc1. The van der Waals surface area contributed by atoms with Gasteiger partial charge in [-0.1, -0.05) is 58.4 Å². The molecular formula is C24H14BrNS. The van der Waals surface area contributed by atoms with Gasteiger partial charge in [-0.25, -0.2) is 0 Å². The molecule has 27 heavy (non-hydrogen) atoms. The monoisotopic (exact) mass is 427 g/mol. The van der Waals surface area contributed by atoms with E-state index in [2.05, 4.69) is 105 Å². The third kappa shape index (κ3) is 2.16. The van der Waals surface area contributed by atoms with Crippen LogP contribution >= 0.6 is 27.3 Å². The van der Waals surface area contributed by atoms with Gasteiger partial charge in [0.1, 0.15) is 0 Å². The molecular weight excluding hydrogens is 414 g/mol. The molecule has 0 aliphatic carbocycles. The third-order valence-electron chi connectivity index (χ3n) is 5.25. The quantitative estimate of drug-likeness (QED) is 0.251. The standard InChI is InChI=1S/C24H14BrNS/c25-19-10-6-11-20-24(19)18-14-23-17(16-9-4-5-12-22(16)27-23)13-21(18)26(20)15-7-2-1-3-8-15/h1-14H. The van der Waals surface area contributed by atoms with E-state index >= 15 is 0 Å². The molecule has 6 aromatic rings. The van der Waals surface area contributed by atoms with Gasteiger partial charge in [0, 0.05) is 41.1 Å². The Morgan fingerprint density at radius 2 is 1.44 bits per heavy atom. The van der Waals surface area contributed by atoms with Crippen molar-refractivity contribution >= 4 is 69.2 Å². The van der Waals surface area contributed by atoms with Crippen molar-refractivity contribution in [3.8, 4) is 5.69 Å². The number of aromatic nitrogens is 1. The van der Waals surface area contributed by atoms with Crippen molar-refractivity contribution in [3.05, 3.63) is 89.4 Å². The molecule has 0 spiro atoms. The lowest BCUT2D eigenvalue weighted by Crippen LogP contribution is -1.92. The molecule has 2 aromatic heterocycles. The largest absolute Gasteiger partial charge is 0.309 e. The highest BCUT2D eigenvalue weighted by molar-refractivity contribution is 9.10. The molecule has 4 aromatic carbocycles. The first-order valence-electron chi connectivity index (χ1n) is 8.90. The van der Waals surface area contributed by atoms with E-state index in [1.165, 1.54) is 47.7 Å². The lowest BCUT2D eigenvalue weighted by atomic mass is 10.1. The van der Waals surface area contributed by atoms with E-state index in [-0.39, 0.29) is 0 Å². The topological polar surface area (TPSA) is 4.93 Å². The van der Waals surface area contributed by atoms with Crippen LogP contribution in [0.25, 0.3) is 47.7 Å². The Morgan fingerprint density at radius 3 is 2.33 bits per heavy atom. The molecule has 0 atom stereocenters. The number of para-hydroxylation sites is 1. The molecule has 0 bridgehead atoms. The highest BCUT2D eigenvalue weighted by atomic mass is 79.9. The van der Waals surface area contributed by atoms with Crippen LogP contribution in [0.3, 0.4) is 0 Å². The zero-order valence-electron chi connectivity index (χ0n) is 14.3. The number of hydrogen-bond donors (Lipinski definition) is 0. The maximum absolute atomic E-state index is 3.79. The van der Waals surface area contributed by atoms with Crippen LogP contribution in [0, 0.1) is 0 Å². The first kappa shape index (κ1) is 15.4. The summed E-state index contributed by atoms with van der Waals surface area (Å²) >= 11 is 5.66. The fourth-order valence-corrected chi connectivity index (χ4v) is 5.79. The van der Waals surface area contributed by atoms with Gasteiger partial charge < -0.3 is 4.57 Å². The van der Waals surface area contributed by atoms with Crippen LogP contribution < -0.4 is 0 Å². The maximum Gasteiger partial charge on any atom is 0.0552 e. The summed E-state index contributed by atoms with van der Waals surface area (Å²) in [5.74, 6) is 0. The second-order valence-electron chi connectivity index (χ2n) is 6.77. The number of thiophene rings is 1. The summed E-state index contributed by atoms with van der Waals surface area (Å²) in [4.78, 5) is 0. The van der Waals surface area contributed by atoms with E-state index in [4.69, 9.17) is 0 Å². The van der Waals surface area contributed by atoms with Crippen molar-refractivity contribution in [2.24, 2.45) is 0 Å². The highest BCUT2D eigenvalue weighted by Crippen LogP contribution is 2.42. The van der Waals surface area contributed by atoms with Crippen LogP contribution in [0.1, 0.15) is 0 Å². The van der Waals surface area contributed by atoms with Gasteiger partial charge in [-0.05, 0) is 42.5 Å². The van der Waals surface area contributed by atoms with Crippen LogP contribution in [0.15, 0.2) is 89.4 Å². The first-order valence-corrected chi connectivity index (χ1v) is 10.5. The smallest absolute Gasteiger partial charge is 0.0552 e. The zero-order chi connectivity index (χ0) is 18.0. The Labute approximate surface area is 168 Å². The molecule has 1 nitrogen and oxygen atoms in total. The summed E-state index contributed by atoms with van der Waals surface area (Å²) in [6, 6.07) is 30.5.